The highest BCUT2D eigenvalue weighted by atomic mass is 79.9. The first kappa shape index (κ1) is 14.1. The van der Waals surface area contributed by atoms with Gasteiger partial charge in [-0.05, 0) is 48.0 Å². The third-order valence-corrected chi connectivity index (χ3v) is 3.84. The number of benzene rings is 1. The van der Waals surface area contributed by atoms with Crippen molar-refractivity contribution in [1.29, 1.82) is 0 Å². The monoisotopic (exact) mass is 350 g/mol. The number of carbonyl (C=O) groups excluding carboxylic acids is 1. The molecule has 1 aliphatic rings. The summed E-state index contributed by atoms with van der Waals surface area (Å²) in [5.74, 6) is 1.19. The molecule has 0 N–H and O–H groups in total. The van der Waals surface area contributed by atoms with Gasteiger partial charge in [0.25, 0.3) is 0 Å². The maximum absolute atomic E-state index is 12.8. The first-order valence-corrected chi connectivity index (χ1v) is 7.54. The molecule has 0 bridgehead atoms. The molecule has 0 atom stereocenters. The molecule has 0 spiro atoms. The number of ether oxygens (including phenoxy) is 2. The molecule has 1 aromatic heterocycles. The average molecular weight is 351 g/mol. The van der Waals surface area contributed by atoms with E-state index >= 15 is 0 Å². The number of fused-ring (bicyclic) bond motifs is 1. The Morgan fingerprint density at radius 1 is 1.29 bits per heavy atom. The number of hydrogen-bond acceptors (Lipinski definition) is 4. The second-order valence-electron chi connectivity index (χ2n) is 5.07. The molecule has 0 saturated carbocycles. The summed E-state index contributed by atoms with van der Waals surface area (Å²) >= 11 is 3.40. The number of aromatic nitrogens is 2. The molecule has 110 valence electrons. The van der Waals surface area contributed by atoms with Crippen LogP contribution in [0.15, 0.2) is 28.9 Å². The summed E-state index contributed by atoms with van der Waals surface area (Å²) in [6, 6.07) is 5.35. The summed E-state index contributed by atoms with van der Waals surface area (Å²) in [7, 11) is 0. The van der Waals surface area contributed by atoms with Crippen molar-refractivity contribution in [3.8, 4) is 11.5 Å². The molecule has 0 unspecified atom stereocenters. The molecule has 2 heterocycles. The molecule has 3 rings (SSSR count). The van der Waals surface area contributed by atoms with Crippen molar-refractivity contribution in [3.05, 3.63) is 40.1 Å². The molecule has 0 saturated heterocycles. The first-order chi connectivity index (χ1) is 10.1. The van der Waals surface area contributed by atoms with Crippen LogP contribution in [0.1, 0.15) is 35.9 Å². The van der Waals surface area contributed by atoms with Crippen LogP contribution in [0.25, 0.3) is 0 Å². The van der Waals surface area contributed by atoms with Crippen LogP contribution in [-0.4, -0.2) is 28.8 Å². The summed E-state index contributed by atoms with van der Waals surface area (Å²) in [6.45, 7) is 5.00. The standard InChI is InChI=1S/C15H15BrN2O3/c1-9(2)18-14(11(16)8-17-18)15(19)10-3-4-12-13(7-10)21-6-5-20-12/h3-4,7-9H,5-6H2,1-2H3. The molecule has 0 aliphatic carbocycles. The van der Waals surface area contributed by atoms with Gasteiger partial charge < -0.3 is 9.47 Å². The van der Waals surface area contributed by atoms with E-state index in [2.05, 4.69) is 21.0 Å². The molecular weight excluding hydrogens is 336 g/mol. The molecule has 0 radical (unpaired) electrons. The highest BCUT2D eigenvalue weighted by Crippen LogP contribution is 2.32. The zero-order valence-electron chi connectivity index (χ0n) is 11.8. The number of nitrogens with zero attached hydrogens (tertiary/aromatic N) is 2. The van der Waals surface area contributed by atoms with Gasteiger partial charge in [-0.15, -0.1) is 0 Å². The minimum atomic E-state index is -0.0925. The normalized spacial score (nSPS) is 13.5. The second kappa shape index (κ2) is 5.52. The largest absolute Gasteiger partial charge is 0.486 e. The van der Waals surface area contributed by atoms with Gasteiger partial charge in [0.1, 0.15) is 18.9 Å². The van der Waals surface area contributed by atoms with Crippen LogP contribution in [-0.2, 0) is 0 Å². The number of hydrogen-bond donors (Lipinski definition) is 0. The number of carbonyl (C=O) groups is 1. The van der Waals surface area contributed by atoms with Gasteiger partial charge in [-0.2, -0.15) is 5.10 Å². The molecule has 1 aliphatic heterocycles. The average Bonchev–Trinajstić information content (AvgIpc) is 2.88. The smallest absolute Gasteiger partial charge is 0.212 e. The number of halogens is 1. The zero-order valence-corrected chi connectivity index (χ0v) is 13.4. The quantitative estimate of drug-likeness (QED) is 0.797. The van der Waals surface area contributed by atoms with Crippen molar-refractivity contribution in [2.45, 2.75) is 19.9 Å². The van der Waals surface area contributed by atoms with Gasteiger partial charge in [-0.3, -0.25) is 9.48 Å². The number of rotatable bonds is 3. The minimum absolute atomic E-state index is 0.0925. The van der Waals surface area contributed by atoms with Crippen molar-refractivity contribution in [1.82, 2.24) is 9.78 Å². The lowest BCUT2D eigenvalue weighted by Crippen LogP contribution is -2.17. The lowest BCUT2D eigenvalue weighted by molar-refractivity contribution is 0.102. The molecule has 0 amide bonds. The van der Waals surface area contributed by atoms with Gasteiger partial charge >= 0.3 is 0 Å². The SMILES string of the molecule is CC(C)n1ncc(Br)c1C(=O)c1ccc2c(c1)OCCO2. The predicted molar refractivity (Wildman–Crippen MR) is 81.2 cm³/mol. The van der Waals surface area contributed by atoms with Crippen LogP contribution in [0.4, 0.5) is 0 Å². The van der Waals surface area contributed by atoms with Gasteiger partial charge in [0.2, 0.25) is 5.78 Å². The fraction of sp³-hybridized carbons (Fsp3) is 0.333. The van der Waals surface area contributed by atoms with Crippen molar-refractivity contribution >= 4 is 21.7 Å². The van der Waals surface area contributed by atoms with Crippen molar-refractivity contribution in [3.63, 3.8) is 0 Å². The van der Waals surface area contributed by atoms with Gasteiger partial charge in [0.05, 0.1) is 10.7 Å². The van der Waals surface area contributed by atoms with Crippen molar-refractivity contribution in [2.75, 3.05) is 13.2 Å². The molecule has 21 heavy (non-hydrogen) atoms. The Balaban J connectivity index is 2.01. The Bertz CT molecular complexity index is 694. The van der Waals surface area contributed by atoms with Crippen LogP contribution >= 0.6 is 15.9 Å². The van der Waals surface area contributed by atoms with Crippen LogP contribution in [0.2, 0.25) is 0 Å². The van der Waals surface area contributed by atoms with Crippen molar-refractivity contribution in [2.24, 2.45) is 0 Å². The summed E-state index contributed by atoms with van der Waals surface area (Å²) in [5.41, 5.74) is 1.10. The lowest BCUT2D eigenvalue weighted by atomic mass is 10.1. The van der Waals surface area contributed by atoms with Crippen LogP contribution < -0.4 is 9.47 Å². The van der Waals surface area contributed by atoms with Gasteiger partial charge in [-0.1, -0.05) is 0 Å². The topological polar surface area (TPSA) is 53.4 Å². The van der Waals surface area contributed by atoms with E-state index in [0.29, 0.717) is 40.4 Å². The highest BCUT2D eigenvalue weighted by molar-refractivity contribution is 9.10. The molecule has 6 heteroatoms. The number of ketones is 1. The van der Waals surface area contributed by atoms with Gasteiger partial charge in [0.15, 0.2) is 11.5 Å². The van der Waals surface area contributed by atoms with Crippen LogP contribution in [0.3, 0.4) is 0 Å². The van der Waals surface area contributed by atoms with E-state index in [4.69, 9.17) is 9.47 Å². The predicted octanol–water partition coefficient (Wildman–Crippen LogP) is 3.23. The Morgan fingerprint density at radius 3 is 2.71 bits per heavy atom. The molecule has 2 aromatic rings. The van der Waals surface area contributed by atoms with E-state index in [0.717, 1.165) is 0 Å². The van der Waals surface area contributed by atoms with Crippen LogP contribution in [0, 0.1) is 0 Å². The maximum atomic E-state index is 12.8. The highest BCUT2D eigenvalue weighted by Gasteiger charge is 2.22. The van der Waals surface area contributed by atoms with E-state index in [1.54, 1.807) is 29.1 Å². The Labute approximate surface area is 131 Å². The van der Waals surface area contributed by atoms with E-state index < -0.39 is 0 Å². The van der Waals surface area contributed by atoms with E-state index in [9.17, 15) is 4.79 Å². The molecule has 1 aromatic carbocycles. The molecule has 5 nitrogen and oxygen atoms in total. The summed E-state index contributed by atoms with van der Waals surface area (Å²) in [6.07, 6.45) is 1.64. The van der Waals surface area contributed by atoms with Gasteiger partial charge in [0, 0.05) is 11.6 Å². The zero-order chi connectivity index (χ0) is 15.0. The Morgan fingerprint density at radius 2 is 2.00 bits per heavy atom. The second-order valence-corrected chi connectivity index (χ2v) is 5.92. The first-order valence-electron chi connectivity index (χ1n) is 6.75. The molecule has 0 fully saturated rings. The van der Waals surface area contributed by atoms with E-state index in [1.165, 1.54) is 0 Å². The van der Waals surface area contributed by atoms with Crippen LogP contribution in [0.5, 0.6) is 11.5 Å². The fourth-order valence-electron chi connectivity index (χ4n) is 2.27. The minimum Gasteiger partial charge on any atom is -0.486 e. The van der Waals surface area contributed by atoms with E-state index in [1.807, 2.05) is 13.8 Å². The Hall–Kier alpha value is -1.82. The third-order valence-electron chi connectivity index (χ3n) is 3.26. The van der Waals surface area contributed by atoms with Crippen molar-refractivity contribution < 1.29 is 14.3 Å². The van der Waals surface area contributed by atoms with Gasteiger partial charge in [-0.25, -0.2) is 0 Å². The summed E-state index contributed by atoms with van der Waals surface area (Å²) < 4.78 is 13.4. The summed E-state index contributed by atoms with van der Waals surface area (Å²) in [4.78, 5) is 12.8. The summed E-state index contributed by atoms with van der Waals surface area (Å²) in [5, 5.41) is 4.24. The third kappa shape index (κ3) is 2.55. The lowest BCUT2D eigenvalue weighted by Gasteiger charge is -2.19. The van der Waals surface area contributed by atoms with E-state index in [-0.39, 0.29) is 11.8 Å². The fourth-order valence-corrected chi connectivity index (χ4v) is 2.72. The maximum Gasteiger partial charge on any atom is 0.212 e. The Kier molecular flexibility index (Phi) is 3.71. The molecular formula is C15H15BrN2O3.